The van der Waals surface area contributed by atoms with Crippen molar-refractivity contribution in [3.05, 3.63) is 45.3 Å². The second-order valence-corrected chi connectivity index (χ2v) is 8.59. The van der Waals surface area contributed by atoms with Crippen molar-refractivity contribution in [2.24, 2.45) is 13.0 Å². The van der Waals surface area contributed by atoms with E-state index >= 15 is 0 Å². The highest BCUT2D eigenvalue weighted by atomic mass is 32.1. The Morgan fingerprint density at radius 3 is 2.68 bits per heavy atom. The number of thiophene rings is 1. The Bertz CT molecular complexity index is 1070. The standard InChI is InChI=1S/C20H25N5O2S/c1-13-16-18(22-12-23(3)19(16)26)28-17(13)20(27)25-9-5-15(6-10-25)4-8-24-11-7-21-14(24)2/h7,11-12,15H,4-6,8-10H2,1-3H3. The van der Waals surface area contributed by atoms with Gasteiger partial charge in [0.15, 0.2) is 0 Å². The highest BCUT2D eigenvalue weighted by Crippen LogP contribution is 2.30. The first-order chi connectivity index (χ1) is 13.5. The zero-order chi connectivity index (χ0) is 19.8. The van der Waals surface area contributed by atoms with E-state index in [0.717, 1.165) is 50.3 Å². The maximum atomic E-state index is 13.1. The van der Waals surface area contributed by atoms with Crippen LogP contribution in [0.4, 0.5) is 0 Å². The quantitative estimate of drug-likeness (QED) is 0.676. The van der Waals surface area contributed by atoms with Crippen molar-refractivity contribution in [3.8, 4) is 0 Å². The third-order valence-electron chi connectivity index (χ3n) is 5.81. The summed E-state index contributed by atoms with van der Waals surface area (Å²) in [5.41, 5.74) is 0.669. The number of carbonyl (C=O) groups excluding carboxylic acids is 1. The molecule has 0 saturated carbocycles. The molecule has 28 heavy (non-hydrogen) atoms. The first-order valence-corrected chi connectivity index (χ1v) is 10.5. The number of nitrogens with zero attached hydrogens (tertiary/aromatic N) is 5. The molecule has 4 heterocycles. The summed E-state index contributed by atoms with van der Waals surface area (Å²) in [7, 11) is 1.68. The Labute approximate surface area is 167 Å². The van der Waals surface area contributed by atoms with Gasteiger partial charge in [0, 0.05) is 39.1 Å². The molecule has 0 aromatic carbocycles. The Morgan fingerprint density at radius 2 is 2.00 bits per heavy atom. The zero-order valence-electron chi connectivity index (χ0n) is 16.5. The Balaban J connectivity index is 1.42. The van der Waals surface area contributed by atoms with Gasteiger partial charge in [-0.1, -0.05) is 0 Å². The summed E-state index contributed by atoms with van der Waals surface area (Å²) < 4.78 is 3.65. The number of imidazole rings is 1. The number of aromatic nitrogens is 4. The van der Waals surface area contributed by atoms with Gasteiger partial charge < -0.3 is 14.0 Å². The molecule has 1 fully saturated rings. The van der Waals surface area contributed by atoms with Crippen LogP contribution in [0.1, 0.15) is 40.3 Å². The summed E-state index contributed by atoms with van der Waals surface area (Å²) in [4.78, 5) is 37.3. The Morgan fingerprint density at radius 1 is 1.25 bits per heavy atom. The van der Waals surface area contributed by atoms with Crippen LogP contribution in [0.3, 0.4) is 0 Å². The summed E-state index contributed by atoms with van der Waals surface area (Å²) in [5, 5.41) is 0.573. The third kappa shape index (κ3) is 3.37. The van der Waals surface area contributed by atoms with Gasteiger partial charge in [-0.25, -0.2) is 9.97 Å². The second kappa shape index (κ2) is 7.50. The predicted molar refractivity (Wildman–Crippen MR) is 110 cm³/mol. The number of fused-ring (bicyclic) bond motifs is 1. The van der Waals surface area contributed by atoms with Crippen LogP contribution in [0, 0.1) is 19.8 Å². The van der Waals surface area contributed by atoms with E-state index in [4.69, 9.17) is 0 Å². The number of amides is 1. The molecular weight excluding hydrogens is 374 g/mol. The number of carbonyl (C=O) groups is 1. The molecule has 1 saturated heterocycles. The molecule has 1 aliphatic heterocycles. The van der Waals surface area contributed by atoms with Crippen molar-refractivity contribution in [2.75, 3.05) is 13.1 Å². The lowest BCUT2D eigenvalue weighted by Crippen LogP contribution is -2.38. The van der Waals surface area contributed by atoms with Crippen LogP contribution in [0.2, 0.25) is 0 Å². The minimum Gasteiger partial charge on any atom is -0.338 e. The van der Waals surface area contributed by atoms with Crippen LogP contribution in [0.25, 0.3) is 10.2 Å². The number of hydrogen-bond acceptors (Lipinski definition) is 5. The first-order valence-electron chi connectivity index (χ1n) is 9.67. The minimum atomic E-state index is -0.0914. The minimum absolute atomic E-state index is 0.0338. The second-order valence-electron chi connectivity index (χ2n) is 7.59. The molecule has 0 atom stereocenters. The van der Waals surface area contributed by atoms with E-state index in [0.29, 0.717) is 21.0 Å². The van der Waals surface area contributed by atoms with Crippen LogP contribution in [0.15, 0.2) is 23.5 Å². The molecule has 1 amide bonds. The lowest BCUT2D eigenvalue weighted by atomic mass is 9.93. The summed E-state index contributed by atoms with van der Waals surface area (Å²) in [5.74, 6) is 1.71. The fourth-order valence-corrected chi connectivity index (χ4v) is 5.05. The van der Waals surface area contributed by atoms with E-state index in [2.05, 4.69) is 14.5 Å². The van der Waals surface area contributed by atoms with Crippen molar-refractivity contribution in [1.82, 2.24) is 24.0 Å². The predicted octanol–water partition coefficient (Wildman–Crippen LogP) is 2.75. The number of aryl methyl sites for hydroxylation is 4. The fraction of sp³-hybridized carbons (Fsp3) is 0.500. The number of likely N-dealkylation sites (tertiary alicyclic amines) is 1. The largest absolute Gasteiger partial charge is 0.338 e. The average Bonchev–Trinajstić information content (AvgIpc) is 3.26. The first kappa shape index (κ1) is 18.9. The summed E-state index contributed by atoms with van der Waals surface area (Å²) in [6.07, 6.45) is 8.53. The Kier molecular flexibility index (Phi) is 5.05. The summed E-state index contributed by atoms with van der Waals surface area (Å²) in [6.45, 7) is 6.40. The van der Waals surface area contributed by atoms with Gasteiger partial charge in [0.1, 0.15) is 10.7 Å². The lowest BCUT2D eigenvalue weighted by Gasteiger charge is -2.32. The summed E-state index contributed by atoms with van der Waals surface area (Å²) in [6, 6.07) is 0. The maximum Gasteiger partial charge on any atom is 0.264 e. The molecule has 0 spiro atoms. The van der Waals surface area contributed by atoms with Gasteiger partial charge >= 0.3 is 0 Å². The zero-order valence-corrected chi connectivity index (χ0v) is 17.3. The summed E-state index contributed by atoms with van der Waals surface area (Å²) >= 11 is 1.33. The van der Waals surface area contributed by atoms with E-state index in [1.807, 2.05) is 31.1 Å². The molecule has 0 N–H and O–H groups in total. The van der Waals surface area contributed by atoms with Gasteiger partial charge in [-0.3, -0.25) is 9.59 Å². The van der Waals surface area contributed by atoms with Crippen molar-refractivity contribution in [2.45, 2.75) is 39.7 Å². The van der Waals surface area contributed by atoms with Gasteiger partial charge in [-0.05, 0) is 44.6 Å². The lowest BCUT2D eigenvalue weighted by molar-refractivity contribution is 0.0689. The third-order valence-corrected chi connectivity index (χ3v) is 7.00. The maximum absolute atomic E-state index is 13.1. The van der Waals surface area contributed by atoms with E-state index in [1.165, 1.54) is 22.2 Å². The molecule has 0 bridgehead atoms. The molecule has 4 rings (SSSR count). The smallest absolute Gasteiger partial charge is 0.264 e. The van der Waals surface area contributed by atoms with Crippen molar-refractivity contribution < 1.29 is 4.79 Å². The number of piperidine rings is 1. The van der Waals surface area contributed by atoms with Crippen molar-refractivity contribution in [3.63, 3.8) is 0 Å². The van der Waals surface area contributed by atoms with Crippen LogP contribution in [0.5, 0.6) is 0 Å². The van der Waals surface area contributed by atoms with E-state index < -0.39 is 0 Å². The SMILES string of the molecule is Cc1c(C(=O)N2CCC(CCn3ccnc3C)CC2)sc2ncn(C)c(=O)c12. The molecule has 0 radical (unpaired) electrons. The molecule has 3 aromatic heterocycles. The van der Waals surface area contributed by atoms with E-state index in [-0.39, 0.29) is 11.5 Å². The normalized spacial score (nSPS) is 15.5. The molecule has 8 heteroatoms. The van der Waals surface area contributed by atoms with Gasteiger partial charge in [0.05, 0.1) is 16.6 Å². The van der Waals surface area contributed by atoms with Gasteiger partial charge in [0.25, 0.3) is 11.5 Å². The van der Waals surface area contributed by atoms with Crippen LogP contribution in [-0.4, -0.2) is 43.0 Å². The van der Waals surface area contributed by atoms with Gasteiger partial charge in [-0.15, -0.1) is 11.3 Å². The molecular formula is C20H25N5O2S. The molecule has 7 nitrogen and oxygen atoms in total. The monoisotopic (exact) mass is 399 g/mol. The molecule has 0 aliphatic carbocycles. The van der Waals surface area contributed by atoms with Crippen LogP contribution < -0.4 is 5.56 Å². The highest BCUT2D eigenvalue weighted by Gasteiger charge is 2.27. The molecule has 1 aliphatic rings. The highest BCUT2D eigenvalue weighted by molar-refractivity contribution is 7.20. The average molecular weight is 400 g/mol. The molecule has 148 valence electrons. The Hall–Kier alpha value is -2.48. The van der Waals surface area contributed by atoms with Crippen LogP contribution >= 0.6 is 11.3 Å². The van der Waals surface area contributed by atoms with Crippen LogP contribution in [-0.2, 0) is 13.6 Å². The van der Waals surface area contributed by atoms with Crippen molar-refractivity contribution in [1.29, 1.82) is 0 Å². The number of rotatable bonds is 4. The van der Waals surface area contributed by atoms with E-state index in [1.54, 1.807) is 7.05 Å². The van der Waals surface area contributed by atoms with Crippen molar-refractivity contribution >= 4 is 27.5 Å². The molecule has 0 unspecified atom stereocenters. The fourth-order valence-electron chi connectivity index (χ4n) is 3.94. The number of hydrogen-bond donors (Lipinski definition) is 0. The van der Waals surface area contributed by atoms with Gasteiger partial charge in [0.2, 0.25) is 0 Å². The van der Waals surface area contributed by atoms with E-state index in [9.17, 15) is 9.59 Å². The van der Waals surface area contributed by atoms with Gasteiger partial charge in [-0.2, -0.15) is 0 Å². The topological polar surface area (TPSA) is 73.0 Å². The molecule has 3 aromatic rings.